The normalized spacial score (nSPS) is 19.0. The number of carbonyl (C=O) groups excluding carboxylic acids is 2. The van der Waals surface area contributed by atoms with Gasteiger partial charge in [0.25, 0.3) is 0 Å². The van der Waals surface area contributed by atoms with Crippen LogP contribution in [0.2, 0.25) is 0 Å². The van der Waals surface area contributed by atoms with Gasteiger partial charge in [0.2, 0.25) is 11.8 Å². The van der Waals surface area contributed by atoms with Gasteiger partial charge in [-0.05, 0) is 46.9 Å². The highest BCUT2D eigenvalue weighted by molar-refractivity contribution is 7.19. The van der Waals surface area contributed by atoms with Gasteiger partial charge < -0.3 is 9.80 Å². The Balaban J connectivity index is 1.24. The van der Waals surface area contributed by atoms with E-state index in [-0.39, 0.29) is 18.4 Å². The van der Waals surface area contributed by atoms with Gasteiger partial charge in [-0.15, -0.1) is 22.7 Å². The maximum Gasteiger partial charge on any atom is 0.247 e. The van der Waals surface area contributed by atoms with Crippen molar-refractivity contribution in [1.82, 2.24) is 14.7 Å². The second-order valence-electron chi connectivity index (χ2n) is 9.74. The van der Waals surface area contributed by atoms with Gasteiger partial charge in [-0.3, -0.25) is 14.5 Å². The van der Waals surface area contributed by atoms with Crippen LogP contribution in [0.25, 0.3) is 20.2 Å². The minimum absolute atomic E-state index is 0.0760. The van der Waals surface area contributed by atoms with E-state index < -0.39 is 6.04 Å². The number of thiophene rings is 2. The average molecular weight is 518 g/mol. The summed E-state index contributed by atoms with van der Waals surface area (Å²) in [5.74, 6) is 0.162. The molecule has 1 atom stereocenters. The average Bonchev–Trinajstić information content (AvgIpc) is 3.44. The van der Waals surface area contributed by atoms with Crippen molar-refractivity contribution in [2.24, 2.45) is 0 Å². The van der Waals surface area contributed by atoms with E-state index in [1.165, 1.54) is 41.1 Å². The van der Waals surface area contributed by atoms with E-state index >= 15 is 0 Å². The molecule has 2 amide bonds. The standard InChI is InChI=1S/C29H31N3O2S2/c1-3-24-21(19-9-5-7-11-26(19)35-24)15-30-13-14-32-23(17-30)29(34)31(18-28(32)33)16-22-20-10-6-8-12-27(20)36-25(22)4-2/h5-12,23H,3-4,13-18H2,1-2H3. The Kier molecular flexibility index (Phi) is 6.32. The lowest BCUT2D eigenvalue weighted by atomic mass is 10.0. The number of hydrogen-bond donors (Lipinski definition) is 0. The fraction of sp³-hybridized carbons (Fsp3) is 0.379. The van der Waals surface area contributed by atoms with Gasteiger partial charge in [0.15, 0.2) is 0 Å². The number of nitrogens with zero attached hydrogens (tertiary/aromatic N) is 3. The first-order valence-corrected chi connectivity index (χ1v) is 14.5. The number of aryl methyl sites for hydroxylation is 2. The van der Waals surface area contributed by atoms with Crippen LogP contribution in [-0.2, 0) is 35.5 Å². The quantitative estimate of drug-likeness (QED) is 0.349. The highest BCUT2D eigenvalue weighted by atomic mass is 32.1. The first-order valence-electron chi connectivity index (χ1n) is 12.9. The molecule has 0 aliphatic carbocycles. The van der Waals surface area contributed by atoms with Crippen molar-refractivity contribution in [3.05, 3.63) is 69.4 Å². The van der Waals surface area contributed by atoms with Crippen LogP contribution in [0.1, 0.15) is 34.7 Å². The summed E-state index contributed by atoms with van der Waals surface area (Å²) in [4.78, 5) is 35.6. The Morgan fingerprint density at radius 3 is 2.00 bits per heavy atom. The monoisotopic (exact) mass is 517 g/mol. The lowest BCUT2D eigenvalue weighted by Crippen LogP contribution is -2.66. The topological polar surface area (TPSA) is 43.9 Å². The SMILES string of the molecule is CCc1sc2ccccc2c1CN1CCN2C(=O)CN(Cc3c(CC)sc4ccccc34)C(=O)C2C1. The first-order chi connectivity index (χ1) is 17.6. The van der Waals surface area contributed by atoms with E-state index in [2.05, 4.69) is 67.3 Å². The molecular weight excluding hydrogens is 486 g/mol. The number of fused-ring (bicyclic) bond motifs is 3. The van der Waals surface area contributed by atoms with Crippen LogP contribution in [0.15, 0.2) is 48.5 Å². The number of hydrogen-bond acceptors (Lipinski definition) is 5. The molecule has 6 rings (SSSR count). The summed E-state index contributed by atoms with van der Waals surface area (Å²) in [6.45, 7) is 7.91. The minimum Gasteiger partial charge on any atom is -0.327 e. The lowest BCUT2D eigenvalue weighted by molar-refractivity contribution is -0.160. The summed E-state index contributed by atoms with van der Waals surface area (Å²) in [5.41, 5.74) is 2.59. The van der Waals surface area contributed by atoms with Crippen LogP contribution >= 0.6 is 22.7 Å². The molecule has 2 fully saturated rings. The van der Waals surface area contributed by atoms with Gasteiger partial charge >= 0.3 is 0 Å². The van der Waals surface area contributed by atoms with Gasteiger partial charge in [0.1, 0.15) is 12.6 Å². The smallest absolute Gasteiger partial charge is 0.247 e. The zero-order valence-corrected chi connectivity index (χ0v) is 22.5. The minimum atomic E-state index is -0.398. The van der Waals surface area contributed by atoms with E-state index in [1.807, 2.05) is 16.2 Å². The molecule has 4 aromatic rings. The van der Waals surface area contributed by atoms with Crippen molar-refractivity contribution in [3.63, 3.8) is 0 Å². The number of benzene rings is 2. The summed E-state index contributed by atoms with van der Waals surface area (Å²) < 4.78 is 2.58. The molecule has 5 nitrogen and oxygen atoms in total. The van der Waals surface area contributed by atoms with Crippen LogP contribution in [-0.4, -0.2) is 58.7 Å². The molecule has 36 heavy (non-hydrogen) atoms. The zero-order chi connectivity index (χ0) is 24.8. The van der Waals surface area contributed by atoms with E-state index in [1.54, 1.807) is 16.2 Å². The number of amides is 2. The van der Waals surface area contributed by atoms with Crippen molar-refractivity contribution in [1.29, 1.82) is 0 Å². The molecule has 2 aromatic heterocycles. The zero-order valence-electron chi connectivity index (χ0n) is 20.8. The molecule has 0 bridgehead atoms. The van der Waals surface area contributed by atoms with Crippen molar-refractivity contribution in [2.75, 3.05) is 26.2 Å². The molecule has 0 radical (unpaired) electrons. The number of carbonyl (C=O) groups is 2. The van der Waals surface area contributed by atoms with Gasteiger partial charge in [-0.2, -0.15) is 0 Å². The van der Waals surface area contributed by atoms with Crippen LogP contribution in [0.3, 0.4) is 0 Å². The molecular formula is C29H31N3O2S2. The summed E-state index contributed by atoms with van der Waals surface area (Å²) in [6.07, 6.45) is 1.94. The first kappa shape index (κ1) is 23.6. The molecule has 4 heterocycles. The van der Waals surface area contributed by atoms with Crippen molar-refractivity contribution in [3.8, 4) is 0 Å². The van der Waals surface area contributed by atoms with E-state index in [0.29, 0.717) is 19.6 Å². The summed E-state index contributed by atoms with van der Waals surface area (Å²) >= 11 is 3.68. The second-order valence-corrected chi connectivity index (χ2v) is 12.0. The largest absolute Gasteiger partial charge is 0.327 e. The van der Waals surface area contributed by atoms with E-state index in [4.69, 9.17) is 0 Å². The Morgan fingerprint density at radius 1 is 0.806 bits per heavy atom. The third kappa shape index (κ3) is 4.03. The fourth-order valence-electron chi connectivity index (χ4n) is 5.80. The van der Waals surface area contributed by atoms with Crippen molar-refractivity contribution >= 4 is 54.7 Å². The summed E-state index contributed by atoms with van der Waals surface area (Å²) in [7, 11) is 0. The Bertz CT molecular complexity index is 1460. The predicted molar refractivity (Wildman–Crippen MR) is 149 cm³/mol. The third-order valence-corrected chi connectivity index (χ3v) is 10.4. The van der Waals surface area contributed by atoms with Gasteiger partial charge in [0.05, 0.1) is 0 Å². The van der Waals surface area contributed by atoms with Crippen LogP contribution in [0.4, 0.5) is 0 Å². The second kappa shape index (κ2) is 9.61. The fourth-order valence-corrected chi connectivity index (χ4v) is 8.11. The maximum absolute atomic E-state index is 13.8. The van der Waals surface area contributed by atoms with Crippen molar-refractivity contribution in [2.45, 2.75) is 45.8 Å². The molecule has 0 N–H and O–H groups in total. The van der Waals surface area contributed by atoms with Crippen LogP contribution in [0.5, 0.6) is 0 Å². The molecule has 7 heteroatoms. The van der Waals surface area contributed by atoms with E-state index in [0.717, 1.165) is 25.9 Å². The molecule has 2 aliphatic rings. The third-order valence-electron chi connectivity index (χ3n) is 7.64. The highest BCUT2D eigenvalue weighted by Gasteiger charge is 2.42. The Hall–Kier alpha value is -2.74. The highest BCUT2D eigenvalue weighted by Crippen LogP contribution is 2.35. The Morgan fingerprint density at radius 2 is 1.39 bits per heavy atom. The van der Waals surface area contributed by atoms with Crippen LogP contribution in [0, 0.1) is 0 Å². The molecule has 0 saturated carbocycles. The Labute approximate surface area is 219 Å². The molecule has 186 valence electrons. The molecule has 0 spiro atoms. The van der Waals surface area contributed by atoms with Crippen molar-refractivity contribution < 1.29 is 9.59 Å². The lowest BCUT2D eigenvalue weighted by Gasteiger charge is -2.46. The summed E-state index contributed by atoms with van der Waals surface area (Å²) in [5, 5.41) is 2.54. The predicted octanol–water partition coefficient (Wildman–Crippen LogP) is 5.30. The van der Waals surface area contributed by atoms with Gasteiger partial charge in [-0.1, -0.05) is 50.2 Å². The van der Waals surface area contributed by atoms with Crippen LogP contribution < -0.4 is 0 Å². The summed E-state index contributed by atoms with van der Waals surface area (Å²) in [6, 6.07) is 16.6. The maximum atomic E-state index is 13.8. The number of piperazine rings is 2. The molecule has 2 aliphatic heterocycles. The molecule has 2 saturated heterocycles. The molecule has 2 aromatic carbocycles. The van der Waals surface area contributed by atoms with Gasteiger partial charge in [-0.25, -0.2) is 0 Å². The molecule has 1 unspecified atom stereocenters. The number of rotatable bonds is 6. The van der Waals surface area contributed by atoms with Gasteiger partial charge in [0, 0.05) is 51.9 Å². The van der Waals surface area contributed by atoms with E-state index in [9.17, 15) is 9.59 Å².